The number of ether oxygens (including phenoxy) is 1. The van der Waals surface area contributed by atoms with Gasteiger partial charge in [-0.15, -0.1) is 0 Å². The lowest BCUT2D eigenvalue weighted by Gasteiger charge is -2.48. The quantitative estimate of drug-likeness (QED) is 0.924. The van der Waals surface area contributed by atoms with Crippen LogP contribution in [-0.4, -0.2) is 46.9 Å². The fraction of sp³-hybridized carbons (Fsp3) is 0.833. The van der Waals surface area contributed by atoms with Crippen molar-refractivity contribution >= 4 is 0 Å². The second kappa shape index (κ2) is 6.91. The Labute approximate surface area is 139 Å². The molecule has 0 radical (unpaired) electrons. The maximum atomic E-state index is 11.2. The zero-order valence-electron chi connectivity index (χ0n) is 14.6. The van der Waals surface area contributed by atoms with Gasteiger partial charge in [-0.3, -0.25) is 4.90 Å². The van der Waals surface area contributed by atoms with Crippen LogP contribution in [0.2, 0.25) is 0 Å². The normalized spacial score (nSPS) is 30.9. The van der Waals surface area contributed by atoms with Crippen LogP contribution in [0.5, 0.6) is 0 Å². The second-order valence-corrected chi connectivity index (χ2v) is 7.60. The van der Waals surface area contributed by atoms with Crippen LogP contribution in [0.3, 0.4) is 0 Å². The topological polar surface area (TPSA) is 58.7 Å². The molecule has 2 saturated heterocycles. The number of hydrogen-bond donors (Lipinski definition) is 1. The first-order valence-electron chi connectivity index (χ1n) is 8.96. The van der Waals surface area contributed by atoms with Crippen molar-refractivity contribution in [2.75, 3.05) is 26.3 Å². The van der Waals surface area contributed by atoms with Gasteiger partial charge in [-0.25, -0.2) is 4.98 Å². The van der Waals surface area contributed by atoms with Crippen molar-refractivity contribution in [1.82, 2.24) is 9.88 Å². The zero-order valence-corrected chi connectivity index (χ0v) is 14.6. The molecule has 3 heterocycles. The van der Waals surface area contributed by atoms with Crippen molar-refractivity contribution in [3.63, 3.8) is 0 Å². The van der Waals surface area contributed by atoms with Crippen LogP contribution in [0.4, 0.5) is 0 Å². The smallest absolute Gasteiger partial charge is 0.196 e. The fourth-order valence-electron chi connectivity index (χ4n) is 4.06. The molecule has 130 valence electrons. The molecule has 5 nitrogen and oxygen atoms in total. The van der Waals surface area contributed by atoms with Gasteiger partial charge < -0.3 is 14.3 Å². The lowest BCUT2D eigenvalue weighted by molar-refractivity contribution is -0.131. The predicted octanol–water partition coefficient (Wildman–Crippen LogP) is 2.80. The van der Waals surface area contributed by atoms with Crippen LogP contribution >= 0.6 is 0 Å². The molecule has 0 aromatic carbocycles. The van der Waals surface area contributed by atoms with Crippen LogP contribution in [0.25, 0.3) is 0 Å². The Kier molecular flexibility index (Phi) is 5.09. The monoisotopic (exact) mass is 322 g/mol. The van der Waals surface area contributed by atoms with Crippen LogP contribution in [-0.2, 0) is 11.3 Å². The molecule has 0 bridgehead atoms. The SMILES string of the molecule is CC(C)c1nc(CN2CC[C@@](O)(C3CCOCC3)[C@H](C)C2)co1. The molecule has 2 aliphatic rings. The first-order valence-corrected chi connectivity index (χ1v) is 8.96. The maximum Gasteiger partial charge on any atom is 0.196 e. The summed E-state index contributed by atoms with van der Waals surface area (Å²) in [4.78, 5) is 6.96. The number of oxazole rings is 1. The van der Waals surface area contributed by atoms with Gasteiger partial charge >= 0.3 is 0 Å². The fourth-order valence-corrected chi connectivity index (χ4v) is 4.06. The van der Waals surface area contributed by atoms with Crippen LogP contribution < -0.4 is 0 Å². The van der Waals surface area contributed by atoms with Crippen molar-refractivity contribution < 1.29 is 14.3 Å². The molecule has 0 amide bonds. The summed E-state index contributed by atoms with van der Waals surface area (Å²) in [7, 11) is 0. The average molecular weight is 322 g/mol. The standard InChI is InChI=1S/C18H30N2O3/c1-13(2)17-19-16(12-23-17)11-20-7-6-18(21,14(3)10-20)15-4-8-22-9-5-15/h12-15,21H,4-11H2,1-3H3/t14-,18+/m1/s1. The Hall–Kier alpha value is -0.910. The summed E-state index contributed by atoms with van der Waals surface area (Å²) in [5.41, 5.74) is 0.463. The molecule has 0 spiro atoms. The third kappa shape index (κ3) is 3.62. The van der Waals surface area contributed by atoms with Crippen molar-refractivity contribution in [3.05, 3.63) is 17.8 Å². The number of hydrogen-bond acceptors (Lipinski definition) is 5. The molecule has 1 N–H and O–H groups in total. The predicted molar refractivity (Wildman–Crippen MR) is 88.1 cm³/mol. The first-order chi connectivity index (χ1) is 11.0. The summed E-state index contributed by atoms with van der Waals surface area (Å²) in [5, 5.41) is 11.2. The molecule has 0 unspecified atom stereocenters. The highest BCUT2D eigenvalue weighted by Gasteiger charge is 2.45. The number of aromatic nitrogens is 1. The van der Waals surface area contributed by atoms with Crippen molar-refractivity contribution in [1.29, 1.82) is 0 Å². The van der Waals surface area contributed by atoms with Gasteiger partial charge in [0.25, 0.3) is 0 Å². The number of nitrogens with zero attached hydrogens (tertiary/aromatic N) is 2. The third-order valence-corrected chi connectivity index (χ3v) is 5.59. The number of piperidine rings is 1. The molecule has 3 rings (SSSR count). The number of aliphatic hydroxyl groups is 1. The Balaban J connectivity index is 1.59. The van der Waals surface area contributed by atoms with Gasteiger partial charge in [0.2, 0.25) is 0 Å². The molecular weight excluding hydrogens is 292 g/mol. The molecule has 2 fully saturated rings. The summed E-state index contributed by atoms with van der Waals surface area (Å²) >= 11 is 0. The Bertz CT molecular complexity index is 510. The molecule has 1 aromatic rings. The highest BCUT2D eigenvalue weighted by Crippen LogP contribution is 2.39. The molecular formula is C18H30N2O3. The van der Waals surface area contributed by atoms with E-state index >= 15 is 0 Å². The Morgan fingerprint density at radius 2 is 2.13 bits per heavy atom. The molecule has 0 saturated carbocycles. The van der Waals surface area contributed by atoms with E-state index < -0.39 is 5.60 Å². The minimum Gasteiger partial charge on any atom is -0.448 e. The van der Waals surface area contributed by atoms with Gasteiger partial charge in [0.05, 0.1) is 11.3 Å². The lowest BCUT2D eigenvalue weighted by Crippen LogP contribution is -2.55. The lowest BCUT2D eigenvalue weighted by atomic mass is 9.70. The molecule has 23 heavy (non-hydrogen) atoms. The molecule has 2 atom stereocenters. The van der Waals surface area contributed by atoms with E-state index in [1.165, 1.54) is 0 Å². The summed E-state index contributed by atoms with van der Waals surface area (Å²) in [6.07, 6.45) is 4.59. The van der Waals surface area contributed by atoms with E-state index in [2.05, 4.69) is 30.7 Å². The molecule has 1 aromatic heterocycles. The summed E-state index contributed by atoms with van der Waals surface area (Å²) in [6.45, 7) is 10.6. The Morgan fingerprint density at radius 1 is 1.39 bits per heavy atom. The van der Waals surface area contributed by atoms with E-state index in [1.54, 1.807) is 6.26 Å². The summed E-state index contributed by atoms with van der Waals surface area (Å²) in [6, 6.07) is 0. The minimum absolute atomic E-state index is 0.274. The highest BCUT2D eigenvalue weighted by molar-refractivity contribution is 5.02. The van der Waals surface area contributed by atoms with E-state index in [1.807, 2.05) is 0 Å². The van der Waals surface area contributed by atoms with Crippen LogP contribution in [0, 0.1) is 11.8 Å². The van der Waals surface area contributed by atoms with Gasteiger partial charge in [0, 0.05) is 38.8 Å². The molecule has 0 aliphatic carbocycles. The van der Waals surface area contributed by atoms with Gasteiger partial charge in [0.15, 0.2) is 5.89 Å². The van der Waals surface area contributed by atoms with Crippen LogP contribution in [0.1, 0.15) is 57.5 Å². The van der Waals surface area contributed by atoms with Crippen molar-refractivity contribution in [2.45, 2.75) is 58.1 Å². The average Bonchev–Trinajstić information content (AvgIpc) is 3.01. The van der Waals surface area contributed by atoms with E-state index in [0.717, 1.165) is 63.7 Å². The van der Waals surface area contributed by atoms with E-state index in [9.17, 15) is 5.11 Å². The second-order valence-electron chi connectivity index (χ2n) is 7.60. The number of rotatable bonds is 4. The largest absolute Gasteiger partial charge is 0.448 e. The van der Waals surface area contributed by atoms with Gasteiger partial charge in [-0.2, -0.15) is 0 Å². The van der Waals surface area contributed by atoms with Crippen LogP contribution in [0.15, 0.2) is 10.7 Å². The van der Waals surface area contributed by atoms with Gasteiger partial charge in [-0.1, -0.05) is 20.8 Å². The zero-order chi connectivity index (χ0) is 16.4. The van der Waals surface area contributed by atoms with Crippen molar-refractivity contribution in [3.8, 4) is 0 Å². The van der Waals surface area contributed by atoms with E-state index in [4.69, 9.17) is 9.15 Å². The van der Waals surface area contributed by atoms with Gasteiger partial charge in [0.1, 0.15) is 6.26 Å². The molecule has 2 aliphatic heterocycles. The first kappa shape index (κ1) is 16.9. The minimum atomic E-state index is -0.535. The highest BCUT2D eigenvalue weighted by atomic mass is 16.5. The summed E-state index contributed by atoms with van der Waals surface area (Å²) in [5.74, 6) is 1.79. The Morgan fingerprint density at radius 3 is 2.74 bits per heavy atom. The van der Waals surface area contributed by atoms with E-state index in [0.29, 0.717) is 11.8 Å². The van der Waals surface area contributed by atoms with Crippen molar-refractivity contribution in [2.24, 2.45) is 11.8 Å². The molecule has 5 heteroatoms. The third-order valence-electron chi connectivity index (χ3n) is 5.59. The summed E-state index contributed by atoms with van der Waals surface area (Å²) < 4.78 is 11.0. The maximum absolute atomic E-state index is 11.2. The van der Waals surface area contributed by atoms with E-state index in [-0.39, 0.29) is 5.92 Å². The van der Waals surface area contributed by atoms with Gasteiger partial charge in [-0.05, 0) is 31.1 Å². The number of likely N-dealkylation sites (tertiary alicyclic amines) is 1.